The van der Waals surface area contributed by atoms with Gasteiger partial charge in [0.1, 0.15) is 18.1 Å². The first kappa shape index (κ1) is 21.6. The third-order valence-corrected chi connectivity index (χ3v) is 5.38. The Morgan fingerprint density at radius 1 is 1.10 bits per heavy atom. The van der Waals surface area contributed by atoms with E-state index in [1.807, 2.05) is 13.0 Å². The summed E-state index contributed by atoms with van der Waals surface area (Å²) < 4.78 is 43.9. The van der Waals surface area contributed by atoms with Gasteiger partial charge in [0.05, 0.1) is 0 Å². The van der Waals surface area contributed by atoms with Crippen molar-refractivity contribution in [1.29, 1.82) is 0 Å². The van der Waals surface area contributed by atoms with Crippen molar-refractivity contribution in [3.8, 4) is 21.9 Å². The molecule has 5 nitrogen and oxygen atoms in total. The van der Waals surface area contributed by atoms with Gasteiger partial charge in [-0.15, -0.1) is 11.3 Å². The number of aromatic nitrogens is 1. The van der Waals surface area contributed by atoms with Crippen molar-refractivity contribution in [3.63, 3.8) is 0 Å². The third-order valence-electron chi connectivity index (χ3n) is 4.12. The first-order valence-corrected chi connectivity index (χ1v) is 9.66. The van der Waals surface area contributed by atoms with E-state index in [1.165, 1.54) is 30.5 Å². The van der Waals surface area contributed by atoms with E-state index >= 15 is 0 Å². The number of nitrogens with zero attached hydrogens (tertiary/aromatic N) is 1. The van der Waals surface area contributed by atoms with Gasteiger partial charge in [0.25, 0.3) is 0 Å². The Bertz CT molecular complexity index is 1050. The first-order valence-electron chi connectivity index (χ1n) is 8.85. The van der Waals surface area contributed by atoms with Crippen LogP contribution >= 0.6 is 11.3 Å². The Labute approximate surface area is 175 Å². The molecule has 0 spiro atoms. The zero-order chi connectivity index (χ0) is 21.9. The van der Waals surface area contributed by atoms with Crippen molar-refractivity contribution in [2.45, 2.75) is 33.6 Å². The van der Waals surface area contributed by atoms with E-state index in [9.17, 15) is 18.0 Å². The van der Waals surface area contributed by atoms with E-state index in [2.05, 4.69) is 9.87 Å². The second-order valence-electron chi connectivity index (χ2n) is 6.52. The summed E-state index contributed by atoms with van der Waals surface area (Å²) in [5, 5.41) is 0. The summed E-state index contributed by atoms with van der Waals surface area (Å²) >= 11 is 1.44. The molecule has 9 heteroatoms. The quantitative estimate of drug-likeness (QED) is 0.356. The Hall–Kier alpha value is -3.07. The Morgan fingerprint density at radius 3 is 2.47 bits per heavy atom. The molecule has 2 aromatic heterocycles. The fraction of sp³-hybridized carbons (Fsp3) is 0.238. The summed E-state index contributed by atoms with van der Waals surface area (Å²) in [5.41, 5.74) is 1.40. The molecule has 0 amide bonds. The molecule has 0 saturated carbocycles. The summed E-state index contributed by atoms with van der Waals surface area (Å²) in [4.78, 5) is 25.6. The van der Waals surface area contributed by atoms with Crippen molar-refractivity contribution in [2.24, 2.45) is 0 Å². The third kappa shape index (κ3) is 5.29. The molecule has 3 rings (SSSR count). The standard InChI is InChI=1S/C21H18F3NO4S/c1-12-8-16(5-6-17(12)29-28-14(3)26)27-11-19-13(2)9-18(30-19)15-4-7-20(25-10-15)21(22,23)24/h4-10H,11H2,1-3H3. The molecular formula is C21H18F3NO4S. The number of pyridine rings is 1. The van der Waals surface area contributed by atoms with Crippen LogP contribution in [0.1, 0.15) is 28.6 Å². The highest BCUT2D eigenvalue weighted by molar-refractivity contribution is 7.15. The SMILES string of the molecule is CC(=O)OOc1ccc(OCc2sc(-c3ccc(C(F)(F)F)nc3)cc2C)cc1C. The zero-order valence-electron chi connectivity index (χ0n) is 16.4. The van der Waals surface area contributed by atoms with Gasteiger partial charge in [-0.1, -0.05) is 0 Å². The van der Waals surface area contributed by atoms with Crippen LogP contribution in [0.2, 0.25) is 0 Å². The lowest BCUT2D eigenvalue weighted by atomic mass is 10.2. The Kier molecular flexibility index (Phi) is 6.31. The monoisotopic (exact) mass is 437 g/mol. The van der Waals surface area contributed by atoms with E-state index in [4.69, 9.17) is 9.62 Å². The van der Waals surface area contributed by atoms with E-state index in [1.54, 1.807) is 25.1 Å². The van der Waals surface area contributed by atoms with Crippen molar-refractivity contribution < 1.29 is 32.5 Å². The number of hydrogen-bond acceptors (Lipinski definition) is 6. The van der Waals surface area contributed by atoms with E-state index in [-0.39, 0.29) is 0 Å². The molecule has 0 bridgehead atoms. The molecule has 2 heterocycles. The van der Waals surface area contributed by atoms with E-state index in [0.29, 0.717) is 23.7 Å². The predicted molar refractivity (Wildman–Crippen MR) is 105 cm³/mol. The van der Waals surface area contributed by atoms with Crippen LogP contribution in [-0.4, -0.2) is 11.0 Å². The van der Waals surface area contributed by atoms with Crippen molar-refractivity contribution >= 4 is 17.3 Å². The van der Waals surface area contributed by atoms with Crippen molar-refractivity contribution in [2.75, 3.05) is 0 Å². The molecule has 0 aliphatic rings. The topological polar surface area (TPSA) is 57.7 Å². The maximum absolute atomic E-state index is 12.7. The Balaban J connectivity index is 1.68. The zero-order valence-corrected chi connectivity index (χ0v) is 17.2. The van der Waals surface area contributed by atoms with Crippen LogP contribution in [0, 0.1) is 13.8 Å². The average Bonchev–Trinajstić information content (AvgIpc) is 3.05. The number of benzene rings is 1. The van der Waals surface area contributed by atoms with Gasteiger partial charge in [-0.3, -0.25) is 14.8 Å². The van der Waals surface area contributed by atoms with Crippen LogP contribution in [0.5, 0.6) is 11.5 Å². The normalized spacial score (nSPS) is 11.3. The second kappa shape index (κ2) is 8.74. The average molecular weight is 437 g/mol. The molecule has 1 aromatic carbocycles. The highest BCUT2D eigenvalue weighted by Crippen LogP contribution is 2.34. The lowest BCUT2D eigenvalue weighted by Crippen LogP contribution is -2.07. The maximum Gasteiger partial charge on any atom is 0.433 e. The fourth-order valence-corrected chi connectivity index (χ4v) is 3.65. The van der Waals surface area contributed by atoms with Gasteiger partial charge >= 0.3 is 12.1 Å². The number of thiophene rings is 1. The molecule has 158 valence electrons. The molecule has 0 saturated heterocycles. The molecular weight excluding hydrogens is 419 g/mol. The minimum atomic E-state index is -4.46. The lowest BCUT2D eigenvalue weighted by molar-refractivity contribution is -0.211. The van der Waals surface area contributed by atoms with Crippen LogP contribution in [0.25, 0.3) is 10.4 Å². The number of carbonyl (C=O) groups is 1. The van der Waals surface area contributed by atoms with Gasteiger partial charge in [-0.05, 0) is 55.8 Å². The van der Waals surface area contributed by atoms with Crippen LogP contribution in [0.3, 0.4) is 0 Å². The summed E-state index contributed by atoms with van der Waals surface area (Å²) in [6.07, 6.45) is -3.23. The summed E-state index contributed by atoms with van der Waals surface area (Å²) in [6.45, 7) is 5.24. The number of hydrogen-bond donors (Lipinski definition) is 0. The molecule has 0 aliphatic heterocycles. The minimum Gasteiger partial charge on any atom is -0.488 e. The van der Waals surface area contributed by atoms with Crippen LogP contribution in [0.4, 0.5) is 13.2 Å². The highest BCUT2D eigenvalue weighted by Gasteiger charge is 2.32. The fourth-order valence-electron chi connectivity index (χ4n) is 2.57. The number of alkyl halides is 3. The molecule has 3 aromatic rings. The number of aryl methyl sites for hydroxylation is 2. The Morgan fingerprint density at radius 2 is 1.87 bits per heavy atom. The van der Waals surface area contributed by atoms with E-state index < -0.39 is 17.8 Å². The number of rotatable bonds is 6. The van der Waals surface area contributed by atoms with Crippen LogP contribution < -0.4 is 9.62 Å². The highest BCUT2D eigenvalue weighted by atomic mass is 32.1. The molecule has 30 heavy (non-hydrogen) atoms. The predicted octanol–water partition coefficient (Wildman–Crippen LogP) is 5.88. The molecule has 0 N–H and O–H groups in total. The van der Waals surface area contributed by atoms with Gasteiger partial charge in [0.2, 0.25) is 0 Å². The van der Waals surface area contributed by atoms with Gasteiger partial charge in [0, 0.05) is 34.0 Å². The largest absolute Gasteiger partial charge is 0.488 e. The first-order chi connectivity index (χ1) is 14.1. The molecule has 0 atom stereocenters. The van der Waals surface area contributed by atoms with Gasteiger partial charge in [0.15, 0.2) is 5.75 Å². The number of ether oxygens (including phenoxy) is 1. The van der Waals surface area contributed by atoms with Gasteiger partial charge in [-0.2, -0.15) is 13.2 Å². The van der Waals surface area contributed by atoms with Crippen LogP contribution in [-0.2, 0) is 22.5 Å². The smallest absolute Gasteiger partial charge is 0.433 e. The van der Waals surface area contributed by atoms with Crippen molar-refractivity contribution in [1.82, 2.24) is 4.98 Å². The van der Waals surface area contributed by atoms with Gasteiger partial charge in [-0.25, -0.2) is 4.79 Å². The van der Waals surface area contributed by atoms with Crippen molar-refractivity contribution in [3.05, 3.63) is 64.3 Å². The summed E-state index contributed by atoms with van der Waals surface area (Å²) in [5.74, 6) is 0.456. The van der Waals surface area contributed by atoms with Gasteiger partial charge < -0.3 is 4.74 Å². The second-order valence-corrected chi connectivity index (χ2v) is 7.66. The molecule has 0 unspecified atom stereocenters. The molecule has 0 aliphatic carbocycles. The maximum atomic E-state index is 12.7. The number of carbonyl (C=O) groups excluding carboxylic acids is 1. The lowest BCUT2D eigenvalue weighted by Gasteiger charge is -2.09. The molecule has 0 fully saturated rings. The van der Waals surface area contributed by atoms with E-state index in [0.717, 1.165) is 26.9 Å². The minimum absolute atomic E-state index is 0.300. The number of halogens is 3. The van der Waals surface area contributed by atoms with Crippen LogP contribution in [0.15, 0.2) is 42.6 Å². The molecule has 0 radical (unpaired) electrons. The summed E-state index contributed by atoms with van der Waals surface area (Å²) in [6, 6.07) is 9.36. The summed E-state index contributed by atoms with van der Waals surface area (Å²) in [7, 11) is 0.